The van der Waals surface area contributed by atoms with Gasteiger partial charge in [0.15, 0.2) is 9.84 Å². The van der Waals surface area contributed by atoms with E-state index in [4.69, 9.17) is 4.74 Å². The molecule has 0 spiro atoms. The van der Waals surface area contributed by atoms with Crippen molar-refractivity contribution in [1.29, 1.82) is 0 Å². The minimum atomic E-state index is -2.82. The molecule has 5 nitrogen and oxygen atoms in total. The van der Waals surface area contributed by atoms with Crippen LogP contribution in [0.1, 0.15) is 6.92 Å². The third-order valence-electron chi connectivity index (χ3n) is 2.34. The topological polar surface area (TPSA) is 63.7 Å². The molecule has 0 atom stereocenters. The fourth-order valence-electron chi connectivity index (χ4n) is 1.42. The van der Waals surface area contributed by atoms with Gasteiger partial charge in [-0.25, -0.2) is 13.2 Å². The van der Waals surface area contributed by atoms with Crippen LogP contribution in [-0.2, 0) is 19.4 Å². The second-order valence-corrected chi connectivity index (χ2v) is 5.91. The van der Waals surface area contributed by atoms with E-state index < -0.39 is 9.84 Å². The molecule has 0 aliphatic carbocycles. The number of esters is 1. The molecule has 1 rings (SSSR count). The van der Waals surface area contributed by atoms with Gasteiger partial charge in [-0.05, 0) is 6.92 Å². The summed E-state index contributed by atoms with van der Waals surface area (Å²) in [4.78, 5) is 13.0. The van der Waals surface area contributed by atoms with Gasteiger partial charge in [0.25, 0.3) is 0 Å². The molecule has 0 aromatic heterocycles. The monoisotopic (exact) mass is 247 g/mol. The number of carbonyl (C=O) groups excluding carboxylic acids is 1. The summed E-state index contributed by atoms with van der Waals surface area (Å²) in [5, 5.41) is 0. The molecule has 0 N–H and O–H groups in total. The van der Waals surface area contributed by atoms with Crippen LogP contribution in [0.25, 0.3) is 0 Å². The van der Waals surface area contributed by atoms with Crippen molar-refractivity contribution in [2.75, 3.05) is 37.7 Å². The van der Waals surface area contributed by atoms with Crippen LogP contribution in [0.2, 0.25) is 0 Å². The SMILES string of the molecule is CCOC(=O)/C=C/CN1CCS(=O)(=O)CC1. The van der Waals surface area contributed by atoms with Gasteiger partial charge in [-0.3, -0.25) is 4.90 Å². The normalized spacial score (nSPS) is 21.1. The Labute approximate surface area is 96.0 Å². The van der Waals surface area contributed by atoms with Crippen molar-refractivity contribution in [2.24, 2.45) is 0 Å². The lowest BCUT2D eigenvalue weighted by Crippen LogP contribution is -2.40. The highest BCUT2D eigenvalue weighted by molar-refractivity contribution is 7.91. The molecule has 1 heterocycles. The number of hydrogen-bond acceptors (Lipinski definition) is 5. The predicted molar refractivity (Wildman–Crippen MR) is 60.9 cm³/mol. The maximum Gasteiger partial charge on any atom is 0.330 e. The van der Waals surface area contributed by atoms with E-state index in [-0.39, 0.29) is 17.5 Å². The fraction of sp³-hybridized carbons (Fsp3) is 0.700. The minimum Gasteiger partial charge on any atom is -0.463 e. The second-order valence-electron chi connectivity index (χ2n) is 3.61. The van der Waals surface area contributed by atoms with Gasteiger partial charge in [-0.2, -0.15) is 0 Å². The van der Waals surface area contributed by atoms with Gasteiger partial charge in [-0.15, -0.1) is 0 Å². The minimum absolute atomic E-state index is 0.209. The summed E-state index contributed by atoms with van der Waals surface area (Å²) in [6.07, 6.45) is 3.09. The first-order valence-electron chi connectivity index (χ1n) is 5.29. The Kier molecular flexibility index (Phi) is 4.95. The summed E-state index contributed by atoms with van der Waals surface area (Å²) in [6.45, 7) is 3.78. The van der Waals surface area contributed by atoms with Gasteiger partial charge in [0.2, 0.25) is 0 Å². The highest BCUT2D eigenvalue weighted by atomic mass is 32.2. The highest BCUT2D eigenvalue weighted by Gasteiger charge is 2.20. The average molecular weight is 247 g/mol. The zero-order valence-electron chi connectivity index (χ0n) is 9.39. The molecule has 1 saturated heterocycles. The van der Waals surface area contributed by atoms with Gasteiger partial charge in [0.1, 0.15) is 0 Å². The average Bonchev–Trinajstić information content (AvgIpc) is 2.21. The number of hydrogen-bond donors (Lipinski definition) is 0. The summed E-state index contributed by atoms with van der Waals surface area (Å²) in [7, 11) is -2.82. The van der Waals surface area contributed by atoms with E-state index in [2.05, 4.69) is 0 Å². The van der Waals surface area contributed by atoms with Crippen molar-refractivity contribution < 1.29 is 17.9 Å². The molecule has 0 aromatic rings. The summed E-state index contributed by atoms with van der Waals surface area (Å²) >= 11 is 0. The summed E-state index contributed by atoms with van der Waals surface area (Å²) in [6, 6.07) is 0. The third kappa shape index (κ3) is 4.76. The van der Waals surface area contributed by atoms with E-state index in [9.17, 15) is 13.2 Å². The van der Waals surface area contributed by atoms with Crippen LogP contribution in [-0.4, -0.2) is 57.0 Å². The van der Waals surface area contributed by atoms with Gasteiger partial charge in [0, 0.05) is 25.7 Å². The van der Waals surface area contributed by atoms with Crippen LogP contribution >= 0.6 is 0 Å². The molecule has 1 aliphatic heterocycles. The molecule has 6 heteroatoms. The van der Waals surface area contributed by atoms with Crippen molar-refractivity contribution in [3.63, 3.8) is 0 Å². The Morgan fingerprint density at radius 2 is 2.00 bits per heavy atom. The highest BCUT2D eigenvalue weighted by Crippen LogP contribution is 2.03. The van der Waals surface area contributed by atoms with E-state index >= 15 is 0 Å². The summed E-state index contributed by atoms with van der Waals surface area (Å²) in [5.74, 6) is 0.0626. The third-order valence-corrected chi connectivity index (χ3v) is 3.95. The lowest BCUT2D eigenvalue weighted by atomic mass is 10.4. The van der Waals surface area contributed by atoms with E-state index in [1.807, 2.05) is 4.90 Å². The quantitative estimate of drug-likeness (QED) is 0.510. The second kappa shape index (κ2) is 6.00. The number of nitrogens with zero attached hydrogens (tertiary/aromatic N) is 1. The summed E-state index contributed by atoms with van der Waals surface area (Å²) in [5.41, 5.74) is 0. The van der Waals surface area contributed by atoms with Crippen LogP contribution < -0.4 is 0 Å². The van der Waals surface area contributed by atoms with Crippen molar-refractivity contribution >= 4 is 15.8 Å². The predicted octanol–water partition coefficient (Wildman–Crippen LogP) is -0.164. The standard InChI is InChI=1S/C10H17NO4S/c1-2-15-10(12)4-3-5-11-6-8-16(13,14)9-7-11/h3-4H,2,5-9H2,1H3/b4-3+. The maximum atomic E-state index is 11.1. The molecule has 0 aromatic carbocycles. The number of ether oxygens (including phenoxy) is 1. The van der Waals surface area contributed by atoms with Crippen LogP contribution in [0.3, 0.4) is 0 Å². The number of rotatable bonds is 4. The molecule has 0 saturated carbocycles. The van der Waals surface area contributed by atoms with Gasteiger partial charge in [-0.1, -0.05) is 6.08 Å². The van der Waals surface area contributed by atoms with E-state index in [0.717, 1.165) is 0 Å². The first kappa shape index (κ1) is 13.2. The zero-order chi connectivity index (χ0) is 12.0. The lowest BCUT2D eigenvalue weighted by Gasteiger charge is -2.24. The molecular weight excluding hydrogens is 230 g/mol. The zero-order valence-corrected chi connectivity index (χ0v) is 10.2. The molecule has 92 valence electrons. The van der Waals surface area contributed by atoms with Crippen LogP contribution in [0.15, 0.2) is 12.2 Å². The summed E-state index contributed by atoms with van der Waals surface area (Å²) < 4.78 is 27.0. The van der Waals surface area contributed by atoms with Gasteiger partial charge >= 0.3 is 5.97 Å². The first-order valence-corrected chi connectivity index (χ1v) is 7.12. The Morgan fingerprint density at radius 1 is 1.38 bits per heavy atom. The van der Waals surface area contributed by atoms with Crippen LogP contribution in [0.4, 0.5) is 0 Å². The maximum absolute atomic E-state index is 11.1. The number of sulfone groups is 1. The fourth-order valence-corrected chi connectivity index (χ4v) is 2.70. The molecule has 0 bridgehead atoms. The number of carbonyl (C=O) groups is 1. The Hall–Kier alpha value is -0.880. The van der Waals surface area contributed by atoms with Crippen molar-refractivity contribution in [3.8, 4) is 0 Å². The molecule has 0 amide bonds. The molecule has 1 fully saturated rings. The lowest BCUT2D eigenvalue weighted by molar-refractivity contribution is -0.137. The van der Waals surface area contributed by atoms with Crippen LogP contribution in [0, 0.1) is 0 Å². The van der Waals surface area contributed by atoms with E-state index in [1.165, 1.54) is 6.08 Å². The van der Waals surface area contributed by atoms with Crippen molar-refractivity contribution in [3.05, 3.63) is 12.2 Å². The van der Waals surface area contributed by atoms with E-state index in [0.29, 0.717) is 26.2 Å². The van der Waals surface area contributed by atoms with Gasteiger partial charge in [0.05, 0.1) is 18.1 Å². The smallest absolute Gasteiger partial charge is 0.330 e. The Balaban J connectivity index is 2.27. The molecule has 0 radical (unpaired) electrons. The largest absolute Gasteiger partial charge is 0.463 e. The van der Waals surface area contributed by atoms with Crippen molar-refractivity contribution in [2.45, 2.75) is 6.92 Å². The van der Waals surface area contributed by atoms with Crippen LogP contribution in [0.5, 0.6) is 0 Å². The Morgan fingerprint density at radius 3 is 2.56 bits per heavy atom. The molecule has 1 aliphatic rings. The van der Waals surface area contributed by atoms with E-state index in [1.54, 1.807) is 13.0 Å². The molecule has 0 unspecified atom stereocenters. The Bertz CT molecular complexity index is 347. The first-order chi connectivity index (χ1) is 7.53. The van der Waals surface area contributed by atoms with Gasteiger partial charge < -0.3 is 4.74 Å². The van der Waals surface area contributed by atoms with Crippen molar-refractivity contribution in [1.82, 2.24) is 4.90 Å². The molecular formula is C10H17NO4S. The molecule has 16 heavy (non-hydrogen) atoms.